The Morgan fingerprint density at radius 2 is 2.14 bits per heavy atom. The van der Waals surface area contributed by atoms with Gasteiger partial charge in [0.1, 0.15) is 4.83 Å². The first-order valence-electron chi connectivity index (χ1n) is 6.74. The zero-order chi connectivity index (χ0) is 15.7. The third kappa shape index (κ3) is 2.72. The highest BCUT2D eigenvalue weighted by molar-refractivity contribution is 7.20. The van der Waals surface area contributed by atoms with Gasteiger partial charge in [0, 0.05) is 17.0 Å². The fourth-order valence-corrected chi connectivity index (χ4v) is 3.40. The molecule has 0 atom stereocenters. The summed E-state index contributed by atoms with van der Waals surface area (Å²) in [6.45, 7) is 2.08. The smallest absolute Gasteiger partial charge is 0.261 e. The maximum absolute atomic E-state index is 12.0. The molecule has 5 nitrogen and oxygen atoms in total. The van der Waals surface area contributed by atoms with Gasteiger partial charge in [-0.25, -0.2) is 4.68 Å². The van der Waals surface area contributed by atoms with Crippen LogP contribution in [0, 0.1) is 6.92 Å². The summed E-state index contributed by atoms with van der Waals surface area (Å²) in [4.78, 5) is 13.5. The largest absolute Gasteiger partial charge is 0.395 e. The van der Waals surface area contributed by atoms with Gasteiger partial charge in [-0.3, -0.25) is 4.79 Å². The zero-order valence-corrected chi connectivity index (χ0v) is 13.4. The first-order valence-corrected chi connectivity index (χ1v) is 7.94. The molecule has 22 heavy (non-hydrogen) atoms. The number of nitrogens with one attached hydrogen (secondary N) is 1. The number of aliphatic hydroxyl groups excluding tert-OH is 1. The van der Waals surface area contributed by atoms with Gasteiger partial charge in [-0.05, 0) is 37.3 Å². The summed E-state index contributed by atoms with van der Waals surface area (Å²) in [6.07, 6.45) is 0. The Kier molecular flexibility index (Phi) is 4.15. The minimum Gasteiger partial charge on any atom is -0.395 e. The molecule has 0 bridgehead atoms. The summed E-state index contributed by atoms with van der Waals surface area (Å²) in [5.41, 5.74) is 1.76. The van der Waals surface area contributed by atoms with Crippen molar-refractivity contribution in [1.82, 2.24) is 15.1 Å². The normalized spacial score (nSPS) is 11.0. The maximum atomic E-state index is 12.0. The number of aromatic nitrogens is 2. The molecule has 0 fully saturated rings. The molecule has 2 heterocycles. The van der Waals surface area contributed by atoms with Gasteiger partial charge in [-0.15, -0.1) is 11.3 Å². The van der Waals surface area contributed by atoms with E-state index in [2.05, 4.69) is 10.4 Å². The molecule has 0 aliphatic rings. The number of aryl methyl sites for hydroxylation is 1. The van der Waals surface area contributed by atoms with Crippen LogP contribution in [0.1, 0.15) is 15.4 Å². The minimum atomic E-state index is -0.183. The van der Waals surface area contributed by atoms with E-state index in [1.54, 1.807) is 0 Å². The highest BCUT2D eigenvalue weighted by Gasteiger charge is 2.16. The van der Waals surface area contributed by atoms with Crippen molar-refractivity contribution < 1.29 is 9.90 Å². The fourth-order valence-electron chi connectivity index (χ4n) is 2.17. The van der Waals surface area contributed by atoms with E-state index in [0.717, 1.165) is 21.6 Å². The Bertz CT molecular complexity index is 823. The maximum Gasteiger partial charge on any atom is 0.261 e. The van der Waals surface area contributed by atoms with Crippen LogP contribution in [0.2, 0.25) is 5.02 Å². The molecule has 114 valence electrons. The number of carbonyl (C=O) groups is 1. The summed E-state index contributed by atoms with van der Waals surface area (Å²) < 4.78 is 1.81. The molecule has 0 spiro atoms. The van der Waals surface area contributed by atoms with E-state index >= 15 is 0 Å². The molecule has 0 aliphatic carbocycles. The molecule has 1 amide bonds. The molecule has 2 aromatic heterocycles. The quantitative estimate of drug-likeness (QED) is 0.770. The van der Waals surface area contributed by atoms with Crippen molar-refractivity contribution in [3.05, 3.63) is 45.9 Å². The molecular formula is C15H14ClN3O2S. The van der Waals surface area contributed by atoms with Crippen molar-refractivity contribution in [2.75, 3.05) is 13.2 Å². The lowest BCUT2D eigenvalue weighted by Gasteiger charge is -2.02. The summed E-state index contributed by atoms with van der Waals surface area (Å²) in [5, 5.41) is 17.6. The van der Waals surface area contributed by atoms with Crippen LogP contribution in [0.25, 0.3) is 15.9 Å². The van der Waals surface area contributed by atoms with Crippen molar-refractivity contribution in [1.29, 1.82) is 0 Å². The van der Waals surface area contributed by atoms with E-state index in [9.17, 15) is 4.79 Å². The van der Waals surface area contributed by atoms with E-state index in [1.807, 2.05) is 41.9 Å². The monoisotopic (exact) mass is 335 g/mol. The van der Waals surface area contributed by atoms with Gasteiger partial charge in [0.15, 0.2) is 0 Å². The topological polar surface area (TPSA) is 67.2 Å². The number of aliphatic hydroxyl groups is 1. The number of halogens is 1. The number of amides is 1. The van der Waals surface area contributed by atoms with Gasteiger partial charge in [0.05, 0.1) is 22.9 Å². The van der Waals surface area contributed by atoms with Crippen molar-refractivity contribution >= 4 is 39.1 Å². The second kappa shape index (κ2) is 6.08. The molecule has 2 N–H and O–H groups in total. The van der Waals surface area contributed by atoms with Crippen molar-refractivity contribution in [3.8, 4) is 5.69 Å². The van der Waals surface area contributed by atoms with E-state index < -0.39 is 0 Å². The van der Waals surface area contributed by atoms with Crippen LogP contribution >= 0.6 is 22.9 Å². The fraction of sp³-hybridized carbons (Fsp3) is 0.200. The second-order valence-corrected chi connectivity index (χ2v) is 6.25. The minimum absolute atomic E-state index is 0.0752. The van der Waals surface area contributed by atoms with Crippen LogP contribution in [0.3, 0.4) is 0 Å². The predicted octanol–water partition coefficient (Wildman–Crippen LogP) is 2.77. The van der Waals surface area contributed by atoms with Gasteiger partial charge in [-0.1, -0.05) is 11.6 Å². The molecule has 0 unspecified atom stereocenters. The lowest BCUT2D eigenvalue weighted by Crippen LogP contribution is -2.25. The molecular weight excluding hydrogens is 322 g/mol. The first-order chi connectivity index (χ1) is 10.6. The zero-order valence-electron chi connectivity index (χ0n) is 11.8. The van der Waals surface area contributed by atoms with Crippen LogP contribution in [-0.4, -0.2) is 33.9 Å². The highest BCUT2D eigenvalue weighted by atomic mass is 35.5. The molecule has 0 radical (unpaired) electrons. The van der Waals surface area contributed by atoms with Crippen molar-refractivity contribution in [3.63, 3.8) is 0 Å². The lowest BCUT2D eigenvalue weighted by atomic mass is 10.3. The number of nitrogens with zero attached hydrogens (tertiary/aromatic N) is 2. The number of carbonyl (C=O) groups excluding carboxylic acids is 1. The number of hydrogen-bond donors (Lipinski definition) is 2. The summed E-state index contributed by atoms with van der Waals surface area (Å²) in [6, 6.07) is 9.23. The molecule has 3 aromatic rings. The third-order valence-corrected chi connectivity index (χ3v) is 4.60. The second-order valence-electron chi connectivity index (χ2n) is 4.78. The van der Waals surface area contributed by atoms with Gasteiger partial charge >= 0.3 is 0 Å². The van der Waals surface area contributed by atoms with Crippen molar-refractivity contribution in [2.24, 2.45) is 0 Å². The average molecular weight is 336 g/mol. The van der Waals surface area contributed by atoms with Gasteiger partial charge in [-0.2, -0.15) is 5.10 Å². The lowest BCUT2D eigenvalue weighted by molar-refractivity contribution is 0.0949. The molecule has 0 aliphatic heterocycles. The van der Waals surface area contributed by atoms with E-state index in [-0.39, 0.29) is 19.1 Å². The molecule has 0 saturated heterocycles. The van der Waals surface area contributed by atoms with E-state index in [4.69, 9.17) is 16.7 Å². The Hall–Kier alpha value is -1.89. The number of hydrogen-bond acceptors (Lipinski definition) is 4. The van der Waals surface area contributed by atoms with Crippen LogP contribution < -0.4 is 5.32 Å². The number of rotatable bonds is 4. The van der Waals surface area contributed by atoms with E-state index in [0.29, 0.717) is 9.90 Å². The summed E-state index contributed by atoms with van der Waals surface area (Å²) >= 11 is 7.29. The average Bonchev–Trinajstić information content (AvgIpc) is 3.07. The number of thiophene rings is 1. The van der Waals surface area contributed by atoms with Crippen LogP contribution in [0.5, 0.6) is 0 Å². The van der Waals surface area contributed by atoms with Crippen LogP contribution in [0.4, 0.5) is 0 Å². The number of fused-ring (bicyclic) bond motifs is 1. The van der Waals surface area contributed by atoms with Gasteiger partial charge < -0.3 is 10.4 Å². The Morgan fingerprint density at radius 3 is 2.82 bits per heavy atom. The van der Waals surface area contributed by atoms with Gasteiger partial charge in [0.25, 0.3) is 5.91 Å². The Labute approximate surface area is 136 Å². The molecule has 0 saturated carbocycles. The summed E-state index contributed by atoms with van der Waals surface area (Å²) in [7, 11) is 0. The standard InChI is InChI=1S/C15H14ClN3O2S/c1-9-12-8-13(14(21)17-6-7-20)22-15(12)19(18-9)11-4-2-10(16)3-5-11/h2-5,8,20H,6-7H2,1H3,(H,17,21). The van der Waals surface area contributed by atoms with Crippen LogP contribution in [-0.2, 0) is 0 Å². The Morgan fingerprint density at radius 1 is 1.41 bits per heavy atom. The number of benzene rings is 1. The third-order valence-electron chi connectivity index (χ3n) is 3.24. The molecule has 3 rings (SSSR count). The van der Waals surface area contributed by atoms with Crippen LogP contribution in [0.15, 0.2) is 30.3 Å². The molecule has 1 aromatic carbocycles. The molecule has 7 heteroatoms. The summed E-state index contributed by atoms with van der Waals surface area (Å²) in [5.74, 6) is -0.183. The SMILES string of the molecule is Cc1nn(-c2ccc(Cl)cc2)c2sc(C(=O)NCCO)cc12. The van der Waals surface area contributed by atoms with Crippen molar-refractivity contribution in [2.45, 2.75) is 6.92 Å². The first kappa shape index (κ1) is 15.0. The highest BCUT2D eigenvalue weighted by Crippen LogP contribution is 2.30. The Balaban J connectivity index is 2.03. The van der Waals surface area contributed by atoms with E-state index in [1.165, 1.54) is 11.3 Å². The predicted molar refractivity (Wildman–Crippen MR) is 88.1 cm³/mol. The van der Waals surface area contributed by atoms with Gasteiger partial charge in [0.2, 0.25) is 0 Å².